The predicted molar refractivity (Wildman–Crippen MR) is 123 cm³/mol. The van der Waals surface area contributed by atoms with Crippen LogP contribution >= 0.6 is 11.6 Å². The Morgan fingerprint density at radius 3 is 2.65 bits per heavy atom. The number of carbonyl (C=O) groups is 1. The van der Waals surface area contributed by atoms with E-state index in [4.69, 9.17) is 21.1 Å². The van der Waals surface area contributed by atoms with E-state index in [9.17, 15) is 19.4 Å². The number of rotatable bonds is 11. The minimum absolute atomic E-state index is 0.0371. The van der Waals surface area contributed by atoms with E-state index in [-0.39, 0.29) is 24.5 Å². The molecule has 0 aliphatic heterocycles. The van der Waals surface area contributed by atoms with E-state index in [0.717, 1.165) is 0 Å². The number of hydrogen-bond acceptors (Lipinski definition) is 9. The molecule has 0 spiro atoms. The van der Waals surface area contributed by atoms with Crippen molar-refractivity contribution in [2.75, 3.05) is 26.1 Å². The molecule has 0 radical (unpaired) electrons. The van der Waals surface area contributed by atoms with Gasteiger partial charge in [-0.2, -0.15) is 0 Å². The van der Waals surface area contributed by atoms with Crippen LogP contribution in [-0.4, -0.2) is 59.1 Å². The molecule has 0 saturated heterocycles. The van der Waals surface area contributed by atoms with Gasteiger partial charge in [-0.1, -0.05) is 11.6 Å². The zero-order chi connectivity index (χ0) is 24.7. The van der Waals surface area contributed by atoms with E-state index >= 15 is 0 Å². The Labute approximate surface area is 199 Å². The molecule has 3 aromatic rings. The first-order valence-electron chi connectivity index (χ1n) is 10.2. The van der Waals surface area contributed by atoms with Gasteiger partial charge in [-0.25, -0.2) is 19.8 Å². The molecule has 10 nitrogen and oxygen atoms in total. The van der Waals surface area contributed by atoms with E-state index in [0.29, 0.717) is 33.9 Å². The van der Waals surface area contributed by atoms with Crippen LogP contribution < -0.4 is 20.3 Å². The molecule has 0 aliphatic rings. The summed E-state index contributed by atoms with van der Waals surface area (Å²) in [6.45, 7) is -0.172. The van der Waals surface area contributed by atoms with Crippen molar-refractivity contribution in [2.24, 2.45) is 0 Å². The summed E-state index contributed by atoms with van der Waals surface area (Å²) in [5.74, 6) is 0.0372. The number of hydrogen-bond donors (Lipinski definition) is 4. The topological polar surface area (TPSA) is 135 Å². The number of halogens is 2. The van der Waals surface area contributed by atoms with Crippen molar-refractivity contribution in [3.63, 3.8) is 0 Å². The number of anilines is 2. The van der Waals surface area contributed by atoms with Crippen LogP contribution in [0.5, 0.6) is 11.5 Å². The molecule has 2 unspecified atom stereocenters. The molecule has 0 aliphatic carbocycles. The second-order valence-corrected chi connectivity index (χ2v) is 7.69. The summed E-state index contributed by atoms with van der Waals surface area (Å²) in [6.07, 6.45) is -1.10. The average molecular weight is 495 g/mol. The third kappa shape index (κ3) is 6.64. The lowest BCUT2D eigenvalue weighted by Gasteiger charge is -2.18. The first kappa shape index (κ1) is 25.4. The smallest absolute Gasteiger partial charge is 0.246 e. The molecular weight excluding hydrogens is 471 g/mol. The highest BCUT2D eigenvalue weighted by Gasteiger charge is 2.18. The van der Waals surface area contributed by atoms with E-state index in [1.165, 1.54) is 38.7 Å². The van der Waals surface area contributed by atoms with E-state index in [1.807, 2.05) is 0 Å². The SMILES string of the molecule is CONC(=O)CC(O)CC(O)COc1cc2c(Nc3ccc(F)c(Cl)c3)ncnc2cc1OC. The van der Waals surface area contributed by atoms with Crippen LogP contribution in [0.1, 0.15) is 12.8 Å². The second kappa shape index (κ2) is 11.7. The fourth-order valence-corrected chi connectivity index (χ4v) is 3.35. The Hall–Kier alpha value is -3.25. The number of ether oxygens (including phenoxy) is 2. The van der Waals surface area contributed by atoms with Gasteiger partial charge in [0.2, 0.25) is 5.91 Å². The normalized spacial score (nSPS) is 12.8. The molecule has 34 heavy (non-hydrogen) atoms. The number of nitrogens with zero attached hydrogens (tertiary/aromatic N) is 2. The molecule has 4 N–H and O–H groups in total. The van der Waals surface area contributed by atoms with Gasteiger partial charge < -0.3 is 25.0 Å². The lowest BCUT2D eigenvalue weighted by Crippen LogP contribution is -2.30. The number of aromatic nitrogens is 2. The van der Waals surface area contributed by atoms with Crippen molar-refractivity contribution in [1.29, 1.82) is 0 Å². The van der Waals surface area contributed by atoms with Gasteiger partial charge in [0.1, 0.15) is 24.6 Å². The molecule has 0 fully saturated rings. The molecule has 1 aromatic heterocycles. The Bertz CT molecular complexity index is 1150. The number of hydroxylamine groups is 1. The van der Waals surface area contributed by atoms with Gasteiger partial charge in [-0.15, -0.1) is 0 Å². The van der Waals surface area contributed by atoms with Gasteiger partial charge in [0.15, 0.2) is 11.5 Å². The highest BCUT2D eigenvalue weighted by molar-refractivity contribution is 6.31. The number of benzene rings is 2. The summed E-state index contributed by atoms with van der Waals surface area (Å²) in [5.41, 5.74) is 3.17. The standard InChI is InChI=1S/C22H24ClFN4O6/c1-32-19-9-18-15(22(26-11-25-18)27-12-3-4-17(24)16(23)5-12)8-20(19)34-10-14(30)6-13(29)7-21(31)28-33-2/h3-5,8-9,11,13-14,29-30H,6-7,10H2,1-2H3,(H,28,31)(H,25,26,27). The van der Waals surface area contributed by atoms with Crippen molar-refractivity contribution in [2.45, 2.75) is 25.0 Å². The molecule has 2 atom stereocenters. The number of fused-ring (bicyclic) bond motifs is 1. The first-order chi connectivity index (χ1) is 16.3. The molecule has 1 heterocycles. The Morgan fingerprint density at radius 1 is 1.15 bits per heavy atom. The molecule has 0 bridgehead atoms. The van der Waals surface area contributed by atoms with Crippen molar-refractivity contribution < 1.29 is 33.7 Å². The van der Waals surface area contributed by atoms with Gasteiger partial charge >= 0.3 is 0 Å². The third-order valence-electron chi connectivity index (χ3n) is 4.72. The van der Waals surface area contributed by atoms with E-state index in [1.54, 1.807) is 12.1 Å². The first-order valence-corrected chi connectivity index (χ1v) is 10.5. The van der Waals surface area contributed by atoms with Gasteiger partial charge in [0.05, 0.1) is 43.4 Å². The predicted octanol–water partition coefficient (Wildman–Crippen LogP) is 2.73. The van der Waals surface area contributed by atoms with Crippen molar-refractivity contribution in [1.82, 2.24) is 15.4 Å². The van der Waals surface area contributed by atoms with Crippen molar-refractivity contribution in [3.8, 4) is 11.5 Å². The minimum atomic E-state index is -1.08. The largest absolute Gasteiger partial charge is 0.493 e. The molecular formula is C22H24ClFN4O6. The maximum atomic E-state index is 13.5. The summed E-state index contributed by atoms with van der Waals surface area (Å²) in [7, 11) is 2.74. The maximum Gasteiger partial charge on any atom is 0.246 e. The lowest BCUT2D eigenvalue weighted by molar-refractivity contribution is -0.133. The summed E-state index contributed by atoms with van der Waals surface area (Å²) in [4.78, 5) is 24.4. The zero-order valence-corrected chi connectivity index (χ0v) is 19.2. The number of nitrogens with one attached hydrogen (secondary N) is 2. The van der Waals surface area contributed by atoms with Gasteiger partial charge in [0, 0.05) is 23.6 Å². The van der Waals surface area contributed by atoms with Crippen molar-refractivity contribution >= 4 is 39.9 Å². The van der Waals surface area contributed by atoms with Crippen molar-refractivity contribution in [3.05, 3.63) is 47.5 Å². The molecule has 3 rings (SSSR count). The Kier molecular flexibility index (Phi) is 8.77. The average Bonchev–Trinajstić information content (AvgIpc) is 2.79. The summed E-state index contributed by atoms with van der Waals surface area (Å²) < 4.78 is 24.6. The van der Waals surface area contributed by atoms with Gasteiger partial charge in [0.25, 0.3) is 0 Å². The van der Waals surface area contributed by atoms with Crippen LogP contribution in [0.3, 0.4) is 0 Å². The zero-order valence-electron chi connectivity index (χ0n) is 18.4. The number of methoxy groups -OCH3 is 1. The number of amides is 1. The van der Waals surface area contributed by atoms with Crippen LogP contribution in [0.25, 0.3) is 10.9 Å². The second-order valence-electron chi connectivity index (χ2n) is 7.28. The highest BCUT2D eigenvalue weighted by atomic mass is 35.5. The minimum Gasteiger partial charge on any atom is -0.493 e. The van der Waals surface area contributed by atoms with Gasteiger partial charge in [-0.3, -0.25) is 9.63 Å². The maximum absolute atomic E-state index is 13.5. The van der Waals surface area contributed by atoms with Crippen LogP contribution in [0.4, 0.5) is 15.9 Å². The Balaban J connectivity index is 1.76. The van der Waals surface area contributed by atoms with E-state index < -0.39 is 23.9 Å². The summed E-state index contributed by atoms with van der Waals surface area (Å²) in [6, 6.07) is 7.47. The van der Waals surface area contributed by atoms with Crippen LogP contribution in [-0.2, 0) is 9.63 Å². The van der Waals surface area contributed by atoms with Gasteiger partial charge in [-0.05, 0) is 24.3 Å². The van der Waals surface area contributed by atoms with Crippen LogP contribution in [0, 0.1) is 5.82 Å². The summed E-state index contributed by atoms with van der Waals surface area (Å²) >= 11 is 5.86. The van der Waals surface area contributed by atoms with Crippen LogP contribution in [0.15, 0.2) is 36.7 Å². The Morgan fingerprint density at radius 2 is 1.94 bits per heavy atom. The monoisotopic (exact) mass is 494 g/mol. The van der Waals surface area contributed by atoms with E-state index in [2.05, 4.69) is 25.6 Å². The molecule has 182 valence electrons. The number of aliphatic hydroxyl groups excluding tert-OH is 2. The fourth-order valence-electron chi connectivity index (χ4n) is 3.17. The van der Waals surface area contributed by atoms with Crippen LogP contribution in [0.2, 0.25) is 5.02 Å². The molecule has 2 aromatic carbocycles. The summed E-state index contributed by atoms with van der Waals surface area (Å²) in [5, 5.41) is 23.8. The quantitative estimate of drug-likeness (QED) is 0.297. The lowest BCUT2D eigenvalue weighted by atomic mass is 10.1. The molecule has 12 heteroatoms. The number of carbonyl (C=O) groups excluding carboxylic acids is 1. The fraction of sp³-hybridized carbons (Fsp3) is 0.318. The molecule has 1 amide bonds. The third-order valence-corrected chi connectivity index (χ3v) is 5.01. The number of aliphatic hydroxyl groups is 2. The highest BCUT2D eigenvalue weighted by Crippen LogP contribution is 2.35. The molecule has 0 saturated carbocycles.